The highest BCUT2D eigenvalue weighted by Crippen LogP contribution is 2.25. The highest BCUT2D eigenvalue weighted by atomic mass is 79.9. The Morgan fingerprint density at radius 1 is 1.16 bits per heavy atom. The van der Waals surface area contributed by atoms with Crippen molar-refractivity contribution in [3.63, 3.8) is 0 Å². The second-order valence-electron chi connectivity index (χ2n) is 4.66. The summed E-state index contributed by atoms with van der Waals surface area (Å²) in [4.78, 5) is 23.7. The second kappa shape index (κ2) is 8.84. The molecular formula is C16H12BrCl2N3O3. The molecular weight excluding hydrogens is 433 g/mol. The molecule has 130 valence electrons. The highest BCUT2D eigenvalue weighted by Gasteiger charge is 2.14. The lowest BCUT2D eigenvalue weighted by atomic mass is 10.2. The van der Waals surface area contributed by atoms with Gasteiger partial charge in [0.15, 0.2) is 0 Å². The van der Waals surface area contributed by atoms with Crippen LogP contribution in [-0.2, 0) is 9.59 Å². The van der Waals surface area contributed by atoms with Gasteiger partial charge >= 0.3 is 11.8 Å². The first-order valence-electron chi connectivity index (χ1n) is 6.83. The van der Waals surface area contributed by atoms with E-state index in [4.69, 9.17) is 27.9 Å². The number of hydrazone groups is 1. The zero-order chi connectivity index (χ0) is 18.4. The lowest BCUT2D eigenvalue weighted by Gasteiger charge is -2.07. The molecule has 0 aliphatic carbocycles. The van der Waals surface area contributed by atoms with Gasteiger partial charge in [0.05, 0.1) is 24.0 Å². The van der Waals surface area contributed by atoms with Crippen LogP contribution in [0.15, 0.2) is 46.0 Å². The number of nitrogens with zero attached hydrogens (tertiary/aromatic N) is 1. The summed E-state index contributed by atoms with van der Waals surface area (Å²) in [6.07, 6.45) is 1.36. The molecule has 2 amide bonds. The molecule has 2 rings (SSSR count). The maximum atomic E-state index is 11.9. The predicted molar refractivity (Wildman–Crippen MR) is 102 cm³/mol. The number of hydrogen-bond acceptors (Lipinski definition) is 4. The molecule has 0 saturated carbocycles. The molecule has 0 saturated heterocycles. The zero-order valence-electron chi connectivity index (χ0n) is 12.8. The van der Waals surface area contributed by atoms with Crippen molar-refractivity contribution in [1.82, 2.24) is 5.43 Å². The lowest BCUT2D eigenvalue weighted by molar-refractivity contribution is -0.136. The van der Waals surface area contributed by atoms with Crippen molar-refractivity contribution in [3.05, 3.63) is 56.5 Å². The van der Waals surface area contributed by atoms with Crippen molar-refractivity contribution >= 4 is 62.8 Å². The van der Waals surface area contributed by atoms with E-state index in [2.05, 4.69) is 31.8 Å². The van der Waals surface area contributed by atoms with Crippen molar-refractivity contribution in [2.24, 2.45) is 5.10 Å². The van der Waals surface area contributed by atoms with Crippen molar-refractivity contribution in [2.45, 2.75) is 0 Å². The van der Waals surface area contributed by atoms with Gasteiger partial charge in [0.25, 0.3) is 0 Å². The Balaban J connectivity index is 2.01. The molecule has 0 aromatic heterocycles. The fourth-order valence-electron chi connectivity index (χ4n) is 1.79. The summed E-state index contributed by atoms with van der Waals surface area (Å²) in [6.45, 7) is 0. The third kappa shape index (κ3) is 5.45. The zero-order valence-corrected chi connectivity index (χ0v) is 15.9. The maximum absolute atomic E-state index is 11.9. The molecule has 2 N–H and O–H groups in total. The van der Waals surface area contributed by atoms with E-state index in [-0.39, 0.29) is 10.7 Å². The Morgan fingerprint density at radius 3 is 2.64 bits per heavy atom. The summed E-state index contributed by atoms with van der Waals surface area (Å²) in [5.41, 5.74) is 2.98. The van der Waals surface area contributed by atoms with E-state index in [0.29, 0.717) is 16.3 Å². The first kappa shape index (κ1) is 19.2. The van der Waals surface area contributed by atoms with E-state index in [1.165, 1.54) is 25.5 Å². The van der Waals surface area contributed by atoms with Gasteiger partial charge in [-0.3, -0.25) is 9.59 Å². The van der Waals surface area contributed by atoms with Crippen molar-refractivity contribution in [2.75, 3.05) is 12.4 Å². The van der Waals surface area contributed by atoms with Gasteiger partial charge < -0.3 is 10.1 Å². The standard InChI is InChI=1S/C16H12BrCl2N3O3/c1-25-14-5-2-10(17)6-9(14)8-20-22-16(24)15(23)21-13-7-11(18)3-4-12(13)19/h2-8H,1H3,(H,21,23)(H,22,24). The molecule has 0 unspecified atom stereocenters. The Kier molecular flexibility index (Phi) is 6.81. The van der Waals surface area contributed by atoms with Crippen LogP contribution in [0, 0.1) is 0 Å². The van der Waals surface area contributed by atoms with Crippen LogP contribution in [0.1, 0.15) is 5.56 Å². The molecule has 0 atom stereocenters. The Morgan fingerprint density at radius 2 is 1.92 bits per heavy atom. The van der Waals surface area contributed by atoms with Crippen LogP contribution >= 0.6 is 39.1 Å². The number of benzene rings is 2. The first-order valence-corrected chi connectivity index (χ1v) is 8.38. The van der Waals surface area contributed by atoms with E-state index in [1.807, 2.05) is 0 Å². The van der Waals surface area contributed by atoms with Crippen molar-refractivity contribution in [1.29, 1.82) is 0 Å². The van der Waals surface area contributed by atoms with Crippen molar-refractivity contribution in [3.8, 4) is 5.75 Å². The minimum absolute atomic E-state index is 0.229. The lowest BCUT2D eigenvalue weighted by Crippen LogP contribution is -2.32. The SMILES string of the molecule is COc1ccc(Br)cc1C=NNC(=O)C(=O)Nc1cc(Cl)ccc1Cl. The van der Waals surface area contributed by atoms with Gasteiger partial charge in [-0.05, 0) is 36.4 Å². The van der Waals surface area contributed by atoms with E-state index in [0.717, 1.165) is 4.47 Å². The number of rotatable bonds is 4. The number of ether oxygens (including phenoxy) is 1. The predicted octanol–water partition coefficient (Wildman–Crippen LogP) is 3.85. The highest BCUT2D eigenvalue weighted by molar-refractivity contribution is 9.10. The minimum Gasteiger partial charge on any atom is -0.496 e. The monoisotopic (exact) mass is 443 g/mol. The van der Waals surface area contributed by atoms with E-state index in [9.17, 15) is 9.59 Å². The number of hydrogen-bond donors (Lipinski definition) is 2. The average Bonchev–Trinajstić information content (AvgIpc) is 2.58. The molecule has 0 aliphatic rings. The summed E-state index contributed by atoms with van der Waals surface area (Å²) >= 11 is 15.1. The fourth-order valence-corrected chi connectivity index (χ4v) is 2.51. The third-order valence-corrected chi connectivity index (χ3v) is 4.00. The number of anilines is 1. The molecule has 25 heavy (non-hydrogen) atoms. The quantitative estimate of drug-likeness (QED) is 0.427. The van der Waals surface area contributed by atoms with Gasteiger partial charge in [0, 0.05) is 15.1 Å². The van der Waals surface area contributed by atoms with Gasteiger partial charge in [-0.25, -0.2) is 5.43 Å². The van der Waals surface area contributed by atoms with Crippen LogP contribution in [0.2, 0.25) is 10.0 Å². The van der Waals surface area contributed by atoms with Gasteiger partial charge in [-0.15, -0.1) is 0 Å². The van der Waals surface area contributed by atoms with Crippen LogP contribution < -0.4 is 15.5 Å². The molecule has 2 aromatic rings. The second-order valence-corrected chi connectivity index (χ2v) is 6.42. The fraction of sp³-hybridized carbons (Fsp3) is 0.0625. The average molecular weight is 445 g/mol. The molecule has 6 nitrogen and oxygen atoms in total. The number of carbonyl (C=O) groups is 2. The number of halogens is 3. The summed E-state index contributed by atoms with van der Waals surface area (Å²) in [7, 11) is 1.52. The third-order valence-electron chi connectivity index (χ3n) is 2.94. The summed E-state index contributed by atoms with van der Waals surface area (Å²) in [5.74, 6) is -1.32. The number of carbonyl (C=O) groups excluding carboxylic acids is 2. The van der Waals surface area contributed by atoms with Crippen LogP contribution in [0.25, 0.3) is 0 Å². The van der Waals surface area contributed by atoms with E-state index >= 15 is 0 Å². The number of nitrogens with one attached hydrogen (secondary N) is 2. The van der Waals surface area contributed by atoms with Crippen LogP contribution in [-0.4, -0.2) is 25.1 Å². The Bertz CT molecular complexity index is 843. The molecule has 0 radical (unpaired) electrons. The minimum atomic E-state index is -0.957. The van der Waals surface area contributed by atoms with Crippen molar-refractivity contribution < 1.29 is 14.3 Å². The normalized spacial score (nSPS) is 10.6. The maximum Gasteiger partial charge on any atom is 0.329 e. The topological polar surface area (TPSA) is 79.8 Å². The molecule has 9 heteroatoms. The molecule has 2 aromatic carbocycles. The van der Waals surface area contributed by atoms with Gasteiger partial charge in [-0.2, -0.15) is 5.10 Å². The molecule has 0 aliphatic heterocycles. The van der Waals surface area contributed by atoms with Crippen LogP contribution in [0.3, 0.4) is 0 Å². The molecule has 0 spiro atoms. The Hall–Kier alpha value is -2.09. The largest absolute Gasteiger partial charge is 0.496 e. The van der Waals surface area contributed by atoms with Gasteiger partial charge in [0.2, 0.25) is 0 Å². The van der Waals surface area contributed by atoms with Crippen LogP contribution in [0.5, 0.6) is 5.75 Å². The summed E-state index contributed by atoms with van der Waals surface area (Å²) in [6, 6.07) is 9.80. The van der Waals surface area contributed by atoms with Gasteiger partial charge in [0.1, 0.15) is 5.75 Å². The Labute approximate surface area is 162 Å². The van der Waals surface area contributed by atoms with Gasteiger partial charge in [-0.1, -0.05) is 39.1 Å². The van der Waals surface area contributed by atoms with E-state index < -0.39 is 11.8 Å². The van der Waals surface area contributed by atoms with E-state index in [1.54, 1.807) is 24.3 Å². The number of methoxy groups -OCH3 is 1. The summed E-state index contributed by atoms with van der Waals surface area (Å²) < 4.78 is 5.99. The van der Waals surface area contributed by atoms with Crippen LogP contribution in [0.4, 0.5) is 5.69 Å². The molecule has 0 fully saturated rings. The molecule has 0 bridgehead atoms. The first-order chi connectivity index (χ1) is 11.9. The number of amides is 2. The molecule has 0 heterocycles. The smallest absolute Gasteiger partial charge is 0.329 e. The summed E-state index contributed by atoms with van der Waals surface area (Å²) in [5, 5.41) is 6.74.